The Hall–Kier alpha value is -4.69. The molecule has 7 rings (SSSR count). The van der Waals surface area contributed by atoms with Crippen molar-refractivity contribution < 1.29 is 4.48 Å². The first-order valence-corrected chi connectivity index (χ1v) is 12.9. The SMILES string of the molecule is C1=C(c2ccccc2)[B-](c2ccccc2)(c2ccccc2)[n+]2c1cc(-c1ccccc1)c1ccccc12. The van der Waals surface area contributed by atoms with Gasteiger partial charge in [0.1, 0.15) is 0 Å². The van der Waals surface area contributed by atoms with Crippen LogP contribution >= 0.6 is 0 Å². The molecule has 0 bridgehead atoms. The lowest BCUT2D eigenvalue weighted by molar-refractivity contribution is -0.508. The highest BCUT2D eigenvalue weighted by molar-refractivity contribution is 7.10. The second kappa shape index (κ2) is 8.76. The van der Waals surface area contributed by atoms with Gasteiger partial charge in [-0.05, 0) is 17.7 Å². The Morgan fingerprint density at radius 2 is 0.946 bits per heavy atom. The van der Waals surface area contributed by atoms with Gasteiger partial charge in [-0.2, -0.15) is 0 Å². The fraction of sp³-hybridized carbons (Fsp3) is 0. The summed E-state index contributed by atoms with van der Waals surface area (Å²) in [7, 11) is 0. The first kappa shape index (κ1) is 21.6. The van der Waals surface area contributed by atoms with E-state index in [1.807, 2.05) is 0 Å². The number of pyridine rings is 1. The van der Waals surface area contributed by atoms with Crippen LogP contribution in [0.25, 0.3) is 33.6 Å². The molecular formula is C35H26BN. The van der Waals surface area contributed by atoms with E-state index >= 15 is 0 Å². The second-order valence-corrected chi connectivity index (χ2v) is 9.84. The third-order valence-corrected chi connectivity index (χ3v) is 7.92. The normalized spacial score (nSPS) is 13.8. The molecule has 0 unspecified atom stereocenters. The van der Waals surface area contributed by atoms with Crippen LogP contribution in [0, 0.1) is 0 Å². The van der Waals surface area contributed by atoms with Crippen LogP contribution < -0.4 is 15.4 Å². The molecule has 0 saturated carbocycles. The van der Waals surface area contributed by atoms with Crippen LogP contribution in [0.4, 0.5) is 0 Å². The molecule has 0 radical (unpaired) electrons. The maximum Gasteiger partial charge on any atom is 0.361 e. The Labute approximate surface area is 217 Å². The van der Waals surface area contributed by atoms with E-state index in [1.54, 1.807) is 0 Å². The fourth-order valence-electron chi connectivity index (χ4n) is 6.43. The van der Waals surface area contributed by atoms with Crippen LogP contribution in [0.3, 0.4) is 0 Å². The van der Waals surface area contributed by atoms with Gasteiger partial charge in [-0.1, -0.05) is 139 Å². The molecular weight excluding hydrogens is 445 g/mol. The van der Waals surface area contributed by atoms with Gasteiger partial charge in [0.2, 0.25) is 0 Å². The Balaban J connectivity index is 1.67. The van der Waals surface area contributed by atoms with Crippen molar-refractivity contribution in [2.45, 2.75) is 0 Å². The Kier molecular flexibility index (Phi) is 5.11. The molecule has 0 atom stereocenters. The van der Waals surface area contributed by atoms with E-state index in [1.165, 1.54) is 49.7 Å². The maximum atomic E-state index is 2.62. The van der Waals surface area contributed by atoms with Crippen molar-refractivity contribution in [3.8, 4) is 11.1 Å². The summed E-state index contributed by atoms with van der Waals surface area (Å²) in [6.45, 7) is 0. The monoisotopic (exact) mass is 471 g/mol. The van der Waals surface area contributed by atoms with Crippen LogP contribution in [0.2, 0.25) is 0 Å². The zero-order valence-electron chi connectivity index (χ0n) is 20.5. The van der Waals surface area contributed by atoms with Gasteiger partial charge in [-0.15, -0.1) is 16.4 Å². The molecule has 2 heterocycles. The second-order valence-electron chi connectivity index (χ2n) is 9.84. The van der Waals surface area contributed by atoms with Crippen LogP contribution in [0.5, 0.6) is 0 Å². The highest BCUT2D eigenvalue weighted by Gasteiger charge is 2.49. The number of hydrogen-bond donors (Lipinski definition) is 0. The Morgan fingerprint density at radius 3 is 1.54 bits per heavy atom. The Bertz CT molecular complexity index is 1700. The van der Waals surface area contributed by atoms with E-state index in [-0.39, 0.29) is 0 Å². The third kappa shape index (κ3) is 3.30. The van der Waals surface area contributed by atoms with Crippen molar-refractivity contribution in [3.63, 3.8) is 0 Å². The van der Waals surface area contributed by atoms with E-state index in [9.17, 15) is 0 Å². The van der Waals surface area contributed by atoms with Crippen LogP contribution in [-0.2, 0) is 0 Å². The zero-order chi connectivity index (χ0) is 24.7. The Morgan fingerprint density at radius 1 is 0.459 bits per heavy atom. The molecule has 1 aliphatic heterocycles. The number of para-hydroxylation sites is 1. The standard InChI is InChI=1S/C35H26BN/c1-5-15-27(16-6-1)33-25-31-26-34(28-17-7-2-8-18-28)36(29-19-9-3-10-20-29,30-21-11-4-12-22-30)37(31)35-24-14-13-23-32(33)35/h1-26H. The van der Waals surface area contributed by atoms with Crippen LogP contribution in [0.1, 0.15) is 11.3 Å². The predicted molar refractivity (Wildman–Crippen MR) is 157 cm³/mol. The predicted octanol–water partition coefficient (Wildman–Crippen LogP) is 6.50. The lowest BCUT2D eigenvalue weighted by atomic mass is 9.23. The summed E-state index contributed by atoms with van der Waals surface area (Å²) >= 11 is 0. The molecule has 0 N–H and O–H groups in total. The minimum Gasteiger partial charge on any atom is -0.402 e. The number of fused-ring (bicyclic) bond motifs is 3. The van der Waals surface area contributed by atoms with Crippen LogP contribution in [-0.4, -0.2) is 6.28 Å². The maximum absolute atomic E-state index is 2.62. The molecule has 1 aliphatic rings. The molecule has 6 aromatic rings. The quantitative estimate of drug-likeness (QED) is 0.259. The van der Waals surface area contributed by atoms with E-state index in [0.717, 1.165) is 0 Å². The number of aromatic nitrogens is 1. The van der Waals surface area contributed by atoms with E-state index in [4.69, 9.17) is 0 Å². The largest absolute Gasteiger partial charge is 0.402 e. The van der Waals surface area contributed by atoms with E-state index in [0.29, 0.717) is 0 Å². The van der Waals surface area contributed by atoms with Gasteiger partial charge in [0.05, 0.1) is 0 Å². The average molecular weight is 471 g/mol. The molecule has 0 spiro atoms. The highest BCUT2D eigenvalue weighted by atomic mass is 15.0. The molecule has 37 heavy (non-hydrogen) atoms. The summed E-state index contributed by atoms with van der Waals surface area (Å²) in [6.07, 6.45) is 0.930. The summed E-state index contributed by atoms with van der Waals surface area (Å²) in [5, 5.41) is 1.26. The molecule has 0 saturated heterocycles. The molecule has 174 valence electrons. The smallest absolute Gasteiger partial charge is 0.361 e. The highest BCUT2D eigenvalue weighted by Crippen LogP contribution is 2.36. The van der Waals surface area contributed by atoms with Gasteiger partial charge in [-0.3, -0.25) is 0 Å². The lowest BCUT2D eigenvalue weighted by Crippen LogP contribution is -2.78. The van der Waals surface area contributed by atoms with Gasteiger partial charge in [0, 0.05) is 23.1 Å². The fourth-order valence-corrected chi connectivity index (χ4v) is 6.43. The molecule has 2 heteroatoms. The minimum absolute atomic E-state index is 1.23. The molecule has 0 amide bonds. The van der Waals surface area contributed by atoms with Gasteiger partial charge in [0.25, 0.3) is 0 Å². The van der Waals surface area contributed by atoms with Crippen molar-refractivity contribution in [3.05, 3.63) is 163 Å². The third-order valence-electron chi connectivity index (χ3n) is 7.92. The van der Waals surface area contributed by atoms with Crippen molar-refractivity contribution >= 4 is 39.7 Å². The van der Waals surface area contributed by atoms with Gasteiger partial charge < -0.3 is 4.48 Å². The summed E-state index contributed by atoms with van der Waals surface area (Å²) in [4.78, 5) is 0. The first-order chi connectivity index (χ1) is 18.4. The number of nitrogens with zero attached hydrogens (tertiary/aromatic N) is 1. The van der Waals surface area contributed by atoms with Crippen molar-refractivity contribution in [2.75, 3.05) is 0 Å². The molecule has 1 aromatic heterocycles. The lowest BCUT2D eigenvalue weighted by Gasteiger charge is -2.36. The van der Waals surface area contributed by atoms with Gasteiger partial charge in [0.15, 0.2) is 11.2 Å². The van der Waals surface area contributed by atoms with E-state index in [2.05, 4.69) is 162 Å². The molecule has 1 nitrogen and oxygen atoms in total. The number of rotatable bonds is 4. The number of hydrogen-bond acceptors (Lipinski definition) is 0. The number of benzene rings is 5. The zero-order valence-corrected chi connectivity index (χ0v) is 20.5. The minimum atomic E-state index is -1.49. The van der Waals surface area contributed by atoms with Crippen molar-refractivity contribution in [1.82, 2.24) is 0 Å². The first-order valence-electron chi connectivity index (χ1n) is 12.9. The van der Waals surface area contributed by atoms with Crippen LogP contribution in [0.15, 0.2) is 152 Å². The average Bonchev–Trinajstić information content (AvgIpc) is 3.35. The molecule has 0 aliphatic carbocycles. The van der Waals surface area contributed by atoms with Crippen molar-refractivity contribution in [2.24, 2.45) is 0 Å². The van der Waals surface area contributed by atoms with Gasteiger partial charge in [-0.25, -0.2) is 0 Å². The molecule has 0 fully saturated rings. The van der Waals surface area contributed by atoms with Crippen molar-refractivity contribution in [1.29, 1.82) is 0 Å². The summed E-state index contributed by atoms with van der Waals surface area (Å²) < 4.78 is 2.62. The van der Waals surface area contributed by atoms with E-state index < -0.39 is 6.28 Å². The summed E-state index contributed by atoms with van der Waals surface area (Å²) in [6, 6.07) is 55.0. The van der Waals surface area contributed by atoms with Gasteiger partial charge >= 0.3 is 6.28 Å². The summed E-state index contributed by atoms with van der Waals surface area (Å²) in [5.41, 5.74) is 10.2. The molecule has 5 aromatic carbocycles. The topological polar surface area (TPSA) is 3.88 Å². The summed E-state index contributed by atoms with van der Waals surface area (Å²) in [5.74, 6) is 0.